The number of hydrogen-bond acceptors (Lipinski definition) is 3. The summed E-state index contributed by atoms with van der Waals surface area (Å²) in [6.45, 7) is 4.28. The summed E-state index contributed by atoms with van der Waals surface area (Å²) < 4.78 is 19.7. The van der Waals surface area contributed by atoms with Crippen molar-refractivity contribution < 1.29 is 9.13 Å². The van der Waals surface area contributed by atoms with Gasteiger partial charge in [-0.3, -0.25) is 4.99 Å². The number of aliphatic imine (C=N–C) groups is 1. The van der Waals surface area contributed by atoms with E-state index in [-0.39, 0.29) is 5.82 Å². The van der Waals surface area contributed by atoms with Gasteiger partial charge in [-0.05, 0) is 30.5 Å². The second-order valence-electron chi connectivity index (χ2n) is 7.06. The topological polar surface area (TPSA) is 40.1 Å². The lowest BCUT2D eigenvalue weighted by Gasteiger charge is -2.25. The van der Waals surface area contributed by atoms with Crippen LogP contribution in [0.4, 0.5) is 10.1 Å². The molecule has 1 aromatic carbocycles. The first kappa shape index (κ1) is 17.0. The maximum Gasteiger partial charge on any atom is 0.193 e. The van der Waals surface area contributed by atoms with Crippen molar-refractivity contribution in [2.45, 2.75) is 19.4 Å². The Kier molecular flexibility index (Phi) is 4.94. The summed E-state index contributed by atoms with van der Waals surface area (Å²) in [7, 11) is 5.48. The zero-order valence-corrected chi connectivity index (χ0v) is 14.8. The van der Waals surface area contributed by atoms with Crippen molar-refractivity contribution in [2.24, 2.45) is 10.4 Å². The SMILES string of the molecule is CN=C(NCc1ccc(N(C)C)c(F)c1)N1CCC2(CCOC2)C1. The number of rotatable bonds is 3. The zero-order chi connectivity index (χ0) is 17.2. The Hall–Kier alpha value is -1.82. The van der Waals surface area contributed by atoms with Gasteiger partial charge in [-0.15, -0.1) is 0 Å². The maximum absolute atomic E-state index is 14.1. The summed E-state index contributed by atoms with van der Waals surface area (Å²) in [5.41, 5.74) is 1.82. The van der Waals surface area contributed by atoms with Crippen molar-refractivity contribution in [3.63, 3.8) is 0 Å². The number of anilines is 1. The average Bonchev–Trinajstić information content (AvgIpc) is 3.18. The molecule has 3 rings (SSSR count). The standard InChI is InChI=1S/C18H27FN4O/c1-20-17(23-8-6-18(12-23)7-9-24-13-18)21-11-14-4-5-16(22(2)3)15(19)10-14/h4-5,10H,6-9,11-13H2,1-3H3,(H,20,21). The smallest absolute Gasteiger partial charge is 0.193 e. The summed E-state index contributed by atoms with van der Waals surface area (Å²) in [6.07, 6.45) is 2.29. The van der Waals surface area contributed by atoms with Crippen molar-refractivity contribution >= 4 is 11.6 Å². The molecule has 24 heavy (non-hydrogen) atoms. The van der Waals surface area contributed by atoms with Crippen LogP contribution in [0.3, 0.4) is 0 Å². The minimum atomic E-state index is -0.197. The molecule has 1 aromatic rings. The van der Waals surface area contributed by atoms with E-state index in [1.807, 2.05) is 26.2 Å². The minimum Gasteiger partial charge on any atom is -0.381 e. The highest BCUT2D eigenvalue weighted by molar-refractivity contribution is 5.80. The first-order valence-electron chi connectivity index (χ1n) is 8.52. The van der Waals surface area contributed by atoms with Gasteiger partial charge in [-0.1, -0.05) is 6.07 Å². The summed E-state index contributed by atoms with van der Waals surface area (Å²) in [6, 6.07) is 5.36. The van der Waals surface area contributed by atoms with Crippen LogP contribution in [0.5, 0.6) is 0 Å². The van der Waals surface area contributed by atoms with Gasteiger partial charge in [0, 0.05) is 52.8 Å². The average molecular weight is 334 g/mol. The molecule has 2 fully saturated rings. The monoisotopic (exact) mass is 334 g/mol. The van der Waals surface area contributed by atoms with Crippen LogP contribution in [0.15, 0.2) is 23.2 Å². The Morgan fingerprint density at radius 2 is 2.25 bits per heavy atom. The molecule has 1 N–H and O–H groups in total. The number of nitrogens with one attached hydrogen (secondary N) is 1. The first-order chi connectivity index (χ1) is 11.5. The minimum absolute atomic E-state index is 0.197. The lowest BCUT2D eigenvalue weighted by Crippen LogP contribution is -2.41. The molecule has 1 spiro atoms. The molecular formula is C18H27FN4O. The highest BCUT2D eigenvalue weighted by Gasteiger charge is 2.42. The van der Waals surface area contributed by atoms with Crippen LogP contribution in [0, 0.1) is 11.2 Å². The Labute approximate surface area is 143 Å². The molecule has 2 aliphatic rings. The first-order valence-corrected chi connectivity index (χ1v) is 8.52. The normalized spacial score (nSPS) is 24.0. The van der Waals surface area contributed by atoms with Crippen LogP contribution in [-0.4, -0.2) is 58.3 Å². The summed E-state index contributed by atoms with van der Waals surface area (Å²) >= 11 is 0. The fraction of sp³-hybridized carbons (Fsp3) is 0.611. The fourth-order valence-electron chi connectivity index (χ4n) is 3.62. The summed E-state index contributed by atoms with van der Waals surface area (Å²) in [4.78, 5) is 8.46. The Morgan fingerprint density at radius 1 is 1.42 bits per heavy atom. The number of hydrogen-bond donors (Lipinski definition) is 1. The fourth-order valence-corrected chi connectivity index (χ4v) is 3.62. The number of guanidine groups is 1. The lowest BCUT2D eigenvalue weighted by atomic mass is 9.87. The van der Waals surface area contributed by atoms with Crippen molar-refractivity contribution in [2.75, 3.05) is 52.3 Å². The molecule has 1 unspecified atom stereocenters. The predicted molar refractivity (Wildman–Crippen MR) is 95.0 cm³/mol. The van der Waals surface area contributed by atoms with Crippen LogP contribution in [-0.2, 0) is 11.3 Å². The van der Waals surface area contributed by atoms with Gasteiger partial charge in [-0.2, -0.15) is 0 Å². The Bertz CT molecular complexity index is 611. The van der Waals surface area contributed by atoms with Gasteiger partial charge in [0.1, 0.15) is 5.82 Å². The van der Waals surface area contributed by atoms with E-state index in [4.69, 9.17) is 4.74 Å². The van der Waals surface area contributed by atoms with E-state index in [9.17, 15) is 4.39 Å². The van der Waals surface area contributed by atoms with Gasteiger partial charge in [-0.25, -0.2) is 4.39 Å². The van der Waals surface area contributed by atoms with Crippen LogP contribution >= 0.6 is 0 Å². The molecule has 0 aromatic heterocycles. The van der Waals surface area contributed by atoms with Crippen molar-refractivity contribution in [1.29, 1.82) is 0 Å². The molecule has 1 atom stereocenters. The van der Waals surface area contributed by atoms with E-state index in [1.165, 1.54) is 0 Å². The number of halogens is 1. The Morgan fingerprint density at radius 3 is 2.88 bits per heavy atom. The highest BCUT2D eigenvalue weighted by Crippen LogP contribution is 2.38. The third-order valence-electron chi connectivity index (χ3n) is 5.08. The van der Waals surface area contributed by atoms with Crippen LogP contribution < -0.4 is 10.2 Å². The van der Waals surface area contributed by atoms with Gasteiger partial charge in [0.15, 0.2) is 5.96 Å². The van der Waals surface area contributed by atoms with Gasteiger partial charge in [0.25, 0.3) is 0 Å². The van der Waals surface area contributed by atoms with Crippen molar-refractivity contribution in [3.05, 3.63) is 29.6 Å². The number of likely N-dealkylation sites (tertiary alicyclic amines) is 1. The zero-order valence-electron chi connectivity index (χ0n) is 14.8. The van der Waals surface area contributed by atoms with E-state index >= 15 is 0 Å². The van der Waals surface area contributed by atoms with Crippen molar-refractivity contribution in [1.82, 2.24) is 10.2 Å². The molecule has 0 bridgehead atoms. The van der Waals surface area contributed by atoms with E-state index in [0.29, 0.717) is 17.6 Å². The second kappa shape index (κ2) is 6.97. The molecule has 6 heteroatoms. The molecule has 5 nitrogen and oxygen atoms in total. The second-order valence-corrected chi connectivity index (χ2v) is 7.06. The van der Waals surface area contributed by atoms with Crippen LogP contribution in [0.2, 0.25) is 0 Å². The van der Waals surface area contributed by atoms with E-state index in [2.05, 4.69) is 15.2 Å². The largest absolute Gasteiger partial charge is 0.381 e. The molecule has 0 amide bonds. The predicted octanol–water partition coefficient (Wildman–Crippen LogP) is 2.08. The van der Waals surface area contributed by atoms with Gasteiger partial charge >= 0.3 is 0 Å². The lowest BCUT2D eigenvalue weighted by molar-refractivity contribution is 0.156. The molecule has 0 aliphatic carbocycles. The van der Waals surface area contributed by atoms with Gasteiger partial charge in [0.05, 0.1) is 12.3 Å². The number of benzene rings is 1. The van der Waals surface area contributed by atoms with Crippen molar-refractivity contribution in [3.8, 4) is 0 Å². The molecule has 0 saturated carbocycles. The van der Waals surface area contributed by atoms with Gasteiger partial charge < -0.3 is 19.9 Å². The third-order valence-corrected chi connectivity index (χ3v) is 5.08. The van der Waals surface area contributed by atoms with E-state index < -0.39 is 0 Å². The summed E-state index contributed by atoms with van der Waals surface area (Å²) in [5.74, 6) is 0.688. The molecule has 132 valence electrons. The molecular weight excluding hydrogens is 307 g/mol. The number of ether oxygens (including phenoxy) is 1. The highest BCUT2D eigenvalue weighted by atomic mass is 19.1. The van der Waals surface area contributed by atoms with E-state index in [1.54, 1.807) is 18.0 Å². The molecule has 2 aliphatic heterocycles. The Balaban J connectivity index is 1.60. The van der Waals surface area contributed by atoms with E-state index in [0.717, 1.165) is 50.7 Å². The molecule has 2 heterocycles. The number of nitrogens with zero attached hydrogens (tertiary/aromatic N) is 3. The maximum atomic E-state index is 14.1. The quantitative estimate of drug-likeness (QED) is 0.679. The van der Waals surface area contributed by atoms with Crippen LogP contribution in [0.1, 0.15) is 18.4 Å². The van der Waals surface area contributed by atoms with Gasteiger partial charge in [0.2, 0.25) is 0 Å². The molecule has 0 radical (unpaired) electrons. The third kappa shape index (κ3) is 3.48. The van der Waals surface area contributed by atoms with Crippen LogP contribution in [0.25, 0.3) is 0 Å². The summed E-state index contributed by atoms with van der Waals surface area (Å²) in [5, 5.41) is 3.36. The molecule has 2 saturated heterocycles.